The zero-order valence-corrected chi connectivity index (χ0v) is 11.6. The summed E-state index contributed by atoms with van der Waals surface area (Å²) in [4.78, 5) is 0. The number of halogens is 2. The summed E-state index contributed by atoms with van der Waals surface area (Å²) in [6.07, 6.45) is 6.19. The van der Waals surface area contributed by atoms with Crippen molar-refractivity contribution < 1.29 is 0 Å². The molecular formula is C13H17BrClN. The average molecular weight is 303 g/mol. The zero-order chi connectivity index (χ0) is 11.6. The smallest absolute Gasteiger partial charge is 0.0444 e. The van der Waals surface area contributed by atoms with Crippen LogP contribution in [0.4, 0.5) is 0 Å². The molecule has 0 radical (unpaired) electrons. The van der Waals surface area contributed by atoms with E-state index in [0.29, 0.717) is 6.54 Å². The predicted molar refractivity (Wildman–Crippen MR) is 73.0 cm³/mol. The fourth-order valence-corrected chi connectivity index (χ4v) is 3.39. The molecule has 2 N–H and O–H groups in total. The summed E-state index contributed by atoms with van der Waals surface area (Å²) in [5.74, 6) is 0. The van der Waals surface area contributed by atoms with Crippen molar-refractivity contribution in [3.8, 4) is 0 Å². The summed E-state index contributed by atoms with van der Waals surface area (Å²) < 4.78 is 1.09. The highest BCUT2D eigenvalue weighted by molar-refractivity contribution is 9.10. The maximum absolute atomic E-state index is 6.32. The van der Waals surface area contributed by atoms with E-state index in [0.717, 1.165) is 9.50 Å². The van der Waals surface area contributed by atoms with Crippen molar-refractivity contribution in [3.63, 3.8) is 0 Å². The molecule has 1 aromatic rings. The minimum Gasteiger partial charge on any atom is -0.330 e. The lowest BCUT2D eigenvalue weighted by Crippen LogP contribution is -2.37. The second kappa shape index (κ2) is 5.07. The van der Waals surface area contributed by atoms with Gasteiger partial charge in [-0.3, -0.25) is 0 Å². The van der Waals surface area contributed by atoms with Crippen LogP contribution >= 0.6 is 27.5 Å². The molecule has 0 unspecified atom stereocenters. The van der Waals surface area contributed by atoms with Crippen molar-refractivity contribution in [2.75, 3.05) is 6.54 Å². The molecule has 0 amide bonds. The Morgan fingerprint density at radius 1 is 1.25 bits per heavy atom. The maximum atomic E-state index is 6.32. The van der Waals surface area contributed by atoms with Crippen molar-refractivity contribution in [3.05, 3.63) is 33.3 Å². The minimum atomic E-state index is 0.110. The lowest BCUT2D eigenvalue weighted by molar-refractivity contribution is 0.301. The summed E-state index contributed by atoms with van der Waals surface area (Å²) in [7, 11) is 0. The lowest BCUT2D eigenvalue weighted by Gasteiger charge is -2.37. The van der Waals surface area contributed by atoms with E-state index in [1.807, 2.05) is 12.1 Å². The number of hydrogen-bond acceptors (Lipinski definition) is 1. The van der Waals surface area contributed by atoms with Crippen LogP contribution in [0, 0.1) is 0 Å². The van der Waals surface area contributed by atoms with E-state index < -0.39 is 0 Å². The summed E-state index contributed by atoms with van der Waals surface area (Å²) in [5, 5.41) is 0.857. The maximum Gasteiger partial charge on any atom is 0.0444 e. The molecule has 0 atom stereocenters. The highest BCUT2D eigenvalue weighted by Crippen LogP contribution is 2.42. The normalized spacial score (nSPS) is 19.7. The van der Waals surface area contributed by atoms with Crippen molar-refractivity contribution in [2.45, 2.75) is 37.5 Å². The average Bonchev–Trinajstić information content (AvgIpc) is 2.33. The topological polar surface area (TPSA) is 26.0 Å². The first-order valence-corrected chi connectivity index (χ1v) is 7.01. The highest BCUT2D eigenvalue weighted by Gasteiger charge is 2.34. The van der Waals surface area contributed by atoms with Crippen LogP contribution in [0.3, 0.4) is 0 Å². The molecule has 0 bridgehead atoms. The van der Waals surface area contributed by atoms with Gasteiger partial charge in [-0.25, -0.2) is 0 Å². The summed E-state index contributed by atoms with van der Waals surface area (Å²) >= 11 is 9.84. The van der Waals surface area contributed by atoms with Crippen LogP contribution in [0.15, 0.2) is 22.7 Å². The van der Waals surface area contributed by atoms with Crippen molar-refractivity contribution >= 4 is 27.5 Å². The highest BCUT2D eigenvalue weighted by atomic mass is 79.9. The molecule has 1 nitrogen and oxygen atoms in total. The first-order valence-electron chi connectivity index (χ1n) is 5.83. The fraction of sp³-hybridized carbons (Fsp3) is 0.538. The Hall–Kier alpha value is -0.0500. The number of nitrogens with two attached hydrogens (primary N) is 1. The van der Waals surface area contributed by atoms with Crippen LogP contribution in [0.2, 0.25) is 5.02 Å². The molecule has 0 saturated heterocycles. The van der Waals surface area contributed by atoms with Gasteiger partial charge in [-0.1, -0.05) is 46.8 Å². The Morgan fingerprint density at radius 3 is 2.56 bits per heavy atom. The standard InChI is InChI=1S/C13H17BrClN/c14-10-4-5-12(15)11(8-10)13(9-16)6-2-1-3-7-13/h4-5,8H,1-3,6-7,9,16H2. The molecule has 0 aliphatic heterocycles. The molecule has 2 rings (SSSR count). The van der Waals surface area contributed by atoms with E-state index in [2.05, 4.69) is 22.0 Å². The Labute approximate surface area is 110 Å². The van der Waals surface area contributed by atoms with Crippen LogP contribution < -0.4 is 5.73 Å². The fourth-order valence-electron chi connectivity index (χ4n) is 2.72. The quantitative estimate of drug-likeness (QED) is 0.868. The van der Waals surface area contributed by atoms with Gasteiger partial charge < -0.3 is 5.73 Å². The third-order valence-electron chi connectivity index (χ3n) is 3.70. The first kappa shape index (κ1) is 12.4. The molecule has 1 aliphatic rings. The first-order chi connectivity index (χ1) is 7.68. The summed E-state index contributed by atoms with van der Waals surface area (Å²) in [6.45, 7) is 0.698. The number of hydrogen-bond donors (Lipinski definition) is 1. The molecular weight excluding hydrogens is 286 g/mol. The molecule has 1 aliphatic carbocycles. The van der Waals surface area contributed by atoms with Gasteiger partial charge in [-0.15, -0.1) is 0 Å². The van der Waals surface area contributed by atoms with Gasteiger partial charge in [0.25, 0.3) is 0 Å². The van der Waals surface area contributed by atoms with Gasteiger partial charge in [-0.2, -0.15) is 0 Å². The van der Waals surface area contributed by atoms with Gasteiger partial charge in [0, 0.05) is 21.5 Å². The second-order valence-corrected chi connectivity index (χ2v) is 5.99. The van der Waals surface area contributed by atoms with Crippen molar-refractivity contribution in [1.29, 1.82) is 0 Å². The monoisotopic (exact) mass is 301 g/mol. The summed E-state index contributed by atoms with van der Waals surface area (Å²) in [6, 6.07) is 6.09. The van der Waals surface area contributed by atoms with E-state index >= 15 is 0 Å². The van der Waals surface area contributed by atoms with E-state index in [1.165, 1.54) is 37.7 Å². The third-order valence-corrected chi connectivity index (χ3v) is 4.52. The number of rotatable bonds is 2. The van der Waals surface area contributed by atoms with Gasteiger partial charge in [0.1, 0.15) is 0 Å². The van der Waals surface area contributed by atoms with Crippen LogP contribution in [0.1, 0.15) is 37.7 Å². The van der Waals surface area contributed by atoms with Crippen LogP contribution in [-0.4, -0.2) is 6.54 Å². The van der Waals surface area contributed by atoms with E-state index in [9.17, 15) is 0 Å². The molecule has 0 spiro atoms. The van der Waals surface area contributed by atoms with E-state index in [4.69, 9.17) is 17.3 Å². The molecule has 0 heterocycles. The molecule has 1 fully saturated rings. The molecule has 3 heteroatoms. The Kier molecular flexibility index (Phi) is 3.93. The molecule has 1 saturated carbocycles. The van der Waals surface area contributed by atoms with Crippen molar-refractivity contribution in [2.24, 2.45) is 5.73 Å². The zero-order valence-electron chi connectivity index (χ0n) is 9.31. The van der Waals surface area contributed by atoms with Crippen LogP contribution in [0.5, 0.6) is 0 Å². The Bertz CT molecular complexity index is 372. The minimum absolute atomic E-state index is 0.110. The van der Waals surface area contributed by atoms with Gasteiger partial charge in [0.05, 0.1) is 0 Å². The van der Waals surface area contributed by atoms with Crippen LogP contribution in [0.25, 0.3) is 0 Å². The van der Waals surface area contributed by atoms with Gasteiger partial charge in [-0.05, 0) is 36.6 Å². The van der Waals surface area contributed by atoms with Gasteiger partial charge in [0.2, 0.25) is 0 Å². The largest absolute Gasteiger partial charge is 0.330 e. The summed E-state index contributed by atoms with van der Waals surface area (Å²) in [5.41, 5.74) is 7.35. The SMILES string of the molecule is NCC1(c2cc(Br)ccc2Cl)CCCCC1. The predicted octanol–water partition coefficient (Wildman–Crippen LogP) is 4.26. The Morgan fingerprint density at radius 2 is 1.94 bits per heavy atom. The molecule has 88 valence electrons. The third kappa shape index (κ3) is 2.29. The Balaban J connectivity index is 2.42. The number of benzene rings is 1. The molecule has 1 aromatic carbocycles. The van der Waals surface area contributed by atoms with Gasteiger partial charge in [0.15, 0.2) is 0 Å². The van der Waals surface area contributed by atoms with Crippen molar-refractivity contribution in [1.82, 2.24) is 0 Å². The van der Waals surface area contributed by atoms with E-state index in [1.54, 1.807) is 0 Å². The van der Waals surface area contributed by atoms with E-state index in [-0.39, 0.29) is 5.41 Å². The van der Waals surface area contributed by atoms with Crippen LogP contribution in [-0.2, 0) is 5.41 Å². The van der Waals surface area contributed by atoms with Gasteiger partial charge >= 0.3 is 0 Å². The second-order valence-electron chi connectivity index (χ2n) is 4.67. The lowest BCUT2D eigenvalue weighted by atomic mass is 9.69. The molecule has 16 heavy (non-hydrogen) atoms. The molecule has 0 aromatic heterocycles.